The van der Waals surface area contributed by atoms with Gasteiger partial charge in [0.15, 0.2) is 0 Å². The largest absolute Gasteiger partial charge is 0.496 e. The Bertz CT molecular complexity index is 1050. The lowest BCUT2D eigenvalue weighted by Gasteiger charge is -2.44. The molecule has 1 aliphatic carbocycles. The summed E-state index contributed by atoms with van der Waals surface area (Å²) >= 11 is 0. The van der Waals surface area contributed by atoms with E-state index >= 15 is 0 Å². The van der Waals surface area contributed by atoms with Gasteiger partial charge < -0.3 is 14.0 Å². The van der Waals surface area contributed by atoms with Crippen LogP contribution < -0.4 is 10.2 Å². The molecule has 4 rings (SSSR count). The lowest BCUT2D eigenvalue weighted by molar-refractivity contribution is 0.00578. The maximum Gasteiger partial charge on any atom is 0.496 e. The number of hydrogen-bond acceptors (Lipinski definition) is 4. The fourth-order valence-electron chi connectivity index (χ4n) is 5.15. The van der Waals surface area contributed by atoms with E-state index in [1.807, 2.05) is 12.3 Å². The molecule has 1 fully saturated rings. The monoisotopic (exact) mass is 435 g/mol. The molecule has 2 aromatic rings. The molecule has 0 spiro atoms. The highest BCUT2D eigenvalue weighted by Gasteiger charge is 2.57. The second-order valence-corrected chi connectivity index (χ2v) is 12.0. The summed E-state index contributed by atoms with van der Waals surface area (Å²) in [6.45, 7) is 22.4. The van der Waals surface area contributed by atoms with Crippen molar-refractivity contribution in [3.05, 3.63) is 41.6 Å². The van der Waals surface area contributed by atoms with Gasteiger partial charge in [-0.2, -0.15) is 0 Å². The van der Waals surface area contributed by atoms with Crippen LogP contribution in [0.3, 0.4) is 0 Å². The molecule has 1 aromatic heterocycles. The second kappa shape index (κ2) is 6.83. The van der Waals surface area contributed by atoms with Gasteiger partial charge in [0.05, 0.1) is 18.3 Å². The van der Waals surface area contributed by atoms with Crippen LogP contribution in [0.4, 0.5) is 0 Å². The van der Waals surface area contributed by atoms with Gasteiger partial charge in [0.1, 0.15) is 11.4 Å². The maximum absolute atomic E-state index is 6.21. The number of pyridine rings is 1. The summed E-state index contributed by atoms with van der Waals surface area (Å²) in [4.78, 5) is 4.82. The number of nitrogens with zero attached hydrogens (tertiary/aromatic N) is 1. The summed E-state index contributed by atoms with van der Waals surface area (Å²) in [7, 11) is 1.23. The van der Waals surface area contributed by atoms with Gasteiger partial charge in [-0.3, -0.25) is 4.98 Å². The summed E-state index contributed by atoms with van der Waals surface area (Å²) < 4.78 is 18.2. The van der Waals surface area contributed by atoms with Crippen molar-refractivity contribution in [1.29, 1.82) is 0 Å². The summed E-state index contributed by atoms with van der Waals surface area (Å²) in [6, 6.07) is 8.77. The Labute approximate surface area is 194 Å². The summed E-state index contributed by atoms with van der Waals surface area (Å²) in [6.07, 6.45) is 1.85. The molecule has 5 heteroatoms. The van der Waals surface area contributed by atoms with Crippen molar-refractivity contribution in [3.8, 4) is 17.0 Å². The Morgan fingerprint density at radius 1 is 0.781 bits per heavy atom. The molecule has 0 atom stereocenters. The number of benzene rings is 1. The summed E-state index contributed by atoms with van der Waals surface area (Å²) in [5.41, 5.74) is 5.06. The molecular formula is C27H38BNO3. The Morgan fingerprint density at radius 2 is 1.34 bits per heavy atom. The minimum absolute atomic E-state index is 0.0394. The van der Waals surface area contributed by atoms with Crippen molar-refractivity contribution in [2.24, 2.45) is 5.41 Å². The van der Waals surface area contributed by atoms with E-state index in [-0.39, 0.29) is 16.2 Å². The van der Waals surface area contributed by atoms with Crippen molar-refractivity contribution in [1.82, 2.24) is 4.98 Å². The maximum atomic E-state index is 6.21. The standard InChI is InChI=1S/C27H38BNO3/c1-23(2)19-13-12-17(14-20(19)24(3,4)25(23,5)6)22-21(30-11)15-18(16-29-22)28-31-26(7,8)27(9,10)32-28/h12-16H,1-11H3. The van der Waals surface area contributed by atoms with E-state index < -0.39 is 18.3 Å². The van der Waals surface area contributed by atoms with Gasteiger partial charge in [-0.15, -0.1) is 0 Å². The van der Waals surface area contributed by atoms with Crippen LogP contribution in [-0.2, 0) is 20.1 Å². The number of hydrogen-bond donors (Lipinski definition) is 0. The van der Waals surface area contributed by atoms with E-state index in [0.29, 0.717) is 0 Å². The number of rotatable bonds is 3. The molecule has 0 radical (unpaired) electrons. The zero-order valence-corrected chi connectivity index (χ0v) is 21.6. The third kappa shape index (κ3) is 3.00. The first kappa shape index (κ1) is 23.3. The van der Waals surface area contributed by atoms with Crippen LogP contribution in [0.15, 0.2) is 30.5 Å². The predicted octanol–water partition coefficient (Wildman–Crippen LogP) is 5.65. The lowest BCUT2D eigenvalue weighted by Crippen LogP contribution is -2.42. The molecule has 172 valence electrons. The Morgan fingerprint density at radius 3 is 1.91 bits per heavy atom. The molecule has 2 aliphatic rings. The number of fused-ring (bicyclic) bond motifs is 1. The van der Waals surface area contributed by atoms with Gasteiger partial charge in [-0.05, 0) is 67.2 Å². The van der Waals surface area contributed by atoms with Crippen LogP contribution in [0, 0.1) is 5.41 Å². The zero-order valence-electron chi connectivity index (χ0n) is 21.6. The Hall–Kier alpha value is -1.85. The third-order valence-electron chi connectivity index (χ3n) is 9.38. The lowest BCUT2D eigenvalue weighted by atomic mass is 9.59. The van der Waals surface area contributed by atoms with E-state index in [1.165, 1.54) is 11.1 Å². The van der Waals surface area contributed by atoms with Crippen LogP contribution >= 0.6 is 0 Å². The molecule has 4 nitrogen and oxygen atoms in total. The van der Waals surface area contributed by atoms with Gasteiger partial charge in [0.25, 0.3) is 0 Å². The molecule has 2 heterocycles. The third-order valence-corrected chi connectivity index (χ3v) is 9.38. The van der Waals surface area contributed by atoms with Gasteiger partial charge >= 0.3 is 7.12 Å². The van der Waals surface area contributed by atoms with E-state index in [9.17, 15) is 0 Å². The Balaban J connectivity index is 1.76. The number of aromatic nitrogens is 1. The molecule has 0 amide bonds. The first-order valence-electron chi connectivity index (χ1n) is 11.6. The van der Waals surface area contributed by atoms with E-state index in [4.69, 9.17) is 19.0 Å². The normalized spacial score (nSPS) is 23.8. The van der Waals surface area contributed by atoms with E-state index in [2.05, 4.69) is 87.4 Å². The van der Waals surface area contributed by atoms with Crippen molar-refractivity contribution in [3.63, 3.8) is 0 Å². The number of methoxy groups -OCH3 is 1. The molecular weight excluding hydrogens is 397 g/mol. The van der Waals surface area contributed by atoms with E-state index in [1.54, 1.807) is 7.11 Å². The fraction of sp³-hybridized carbons (Fsp3) is 0.593. The van der Waals surface area contributed by atoms with Crippen LogP contribution in [-0.4, -0.2) is 30.4 Å². The smallest absolute Gasteiger partial charge is 0.494 e. The van der Waals surface area contributed by atoms with Gasteiger partial charge in [-0.1, -0.05) is 53.7 Å². The highest BCUT2D eigenvalue weighted by Crippen LogP contribution is 2.61. The van der Waals surface area contributed by atoms with Crippen LogP contribution in [0.2, 0.25) is 0 Å². The molecule has 0 unspecified atom stereocenters. The fourth-order valence-corrected chi connectivity index (χ4v) is 5.15. The van der Waals surface area contributed by atoms with Crippen molar-refractivity contribution in [2.45, 2.75) is 91.3 Å². The highest BCUT2D eigenvalue weighted by molar-refractivity contribution is 6.62. The van der Waals surface area contributed by atoms with Crippen molar-refractivity contribution >= 4 is 12.6 Å². The molecule has 1 aromatic carbocycles. The average molecular weight is 435 g/mol. The molecule has 1 saturated heterocycles. The van der Waals surface area contributed by atoms with Crippen molar-refractivity contribution < 1.29 is 14.0 Å². The molecule has 0 saturated carbocycles. The van der Waals surface area contributed by atoms with Gasteiger partial charge in [-0.25, -0.2) is 0 Å². The average Bonchev–Trinajstić information content (AvgIpc) is 2.98. The summed E-state index contributed by atoms with van der Waals surface area (Å²) in [5.74, 6) is 0.728. The number of ether oxygens (including phenoxy) is 1. The van der Waals surface area contributed by atoms with Gasteiger partial charge in [0, 0.05) is 17.2 Å². The molecule has 32 heavy (non-hydrogen) atoms. The quantitative estimate of drug-likeness (QED) is 0.584. The van der Waals surface area contributed by atoms with Crippen molar-refractivity contribution in [2.75, 3.05) is 7.11 Å². The molecule has 0 N–H and O–H groups in total. The van der Waals surface area contributed by atoms with Crippen LogP contribution in [0.5, 0.6) is 5.75 Å². The van der Waals surface area contributed by atoms with Crippen LogP contribution in [0.1, 0.15) is 80.4 Å². The summed E-state index contributed by atoms with van der Waals surface area (Å²) in [5, 5.41) is 0. The van der Waals surface area contributed by atoms with E-state index in [0.717, 1.165) is 22.5 Å². The predicted molar refractivity (Wildman–Crippen MR) is 132 cm³/mol. The minimum Gasteiger partial charge on any atom is -0.494 e. The molecule has 0 bridgehead atoms. The SMILES string of the molecule is COc1cc(B2OC(C)(C)C(C)(C)O2)cnc1-c1ccc2c(c1)C(C)(C)C(C)(C)C2(C)C. The topological polar surface area (TPSA) is 40.6 Å². The first-order chi connectivity index (χ1) is 14.6. The minimum atomic E-state index is -0.462. The Kier molecular flexibility index (Phi) is 4.98. The van der Waals surface area contributed by atoms with Crippen LogP contribution in [0.25, 0.3) is 11.3 Å². The first-order valence-corrected chi connectivity index (χ1v) is 11.6. The zero-order chi connectivity index (χ0) is 23.9. The second-order valence-electron chi connectivity index (χ2n) is 12.0. The molecule has 1 aliphatic heterocycles. The van der Waals surface area contributed by atoms with Gasteiger partial charge in [0.2, 0.25) is 0 Å². The highest BCUT2D eigenvalue weighted by atomic mass is 16.7.